The van der Waals surface area contributed by atoms with Gasteiger partial charge in [-0.15, -0.1) is 0 Å². The zero-order valence-corrected chi connectivity index (χ0v) is 12.8. The molecule has 110 valence electrons. The van der Waals surface area contributed by atoms with E-state index in [1.54, 1.807) is 29.2 Å². The topological polar surface area (TPSA) is 32.3 Å². The molecule has 0 aliphatic carbocycles. The molecule has 1 N–H and O–H groups in total. The molecule has 21 heavy (non-hydrogen) atoms. The largest absolute Gasteiger partial charge is 0.320 e. The van der Waals surface area contributed by atoms with Crippen molar-refractivity contribution in [1.82, 2.24) is 5.32 Å². The van der Waals surface area contributed by atoms with E-state index in [0.29, 0.717) is 17.1 Å². The molecule has 2 aromatic rings. The highest BCUT2D eigenvalue weighted by molar-refractivity contribution is 6.30. The summed E-state index contributed by atoms with van der Waals surface area (Å²) in [5.74, 6) is -0.00558. The molecule has 2 aromatic carbocycles. The minimum atomic E-state index is -0.00558. The number of benzene rings is 2. The SMILES string of the molecule is CNCCCN(C(=O)c1ccc(Cl)cc1)c1ccccc1. The summed E-state index contributed by atoms with van der Waals surface area (Å²) in [5.41, 5.74) is 1.56. The molecule has 0 bridgehead atoms. The molecule has 0 aliphatic heterocycles. The standard InChI is InChI=1S/C17H19ClN2O/c1-19-12-5-13-20(16-6-3-2-4-7-16)17(21)14-8-10-15(18)11-9-14/h2-4,6-11,19H,5,12-13H2,1H3. The lowest BCUT2D eigenvalue weighted by Crippen LogP contribution is -2.33. The van der Waals surface area contributed by atoms with Crippen LogP contribution in [0.5, 0.6) is 0 Å². The molecule has 0 fully saturated rings. The molecule has 0 unspecified atom stereocenters. The van der Waals surface area contributed by atoms with E-state index in [9.17, 15) is 4.79 Å². The molecule has 0 saturated carbocycles. The maximum atomic E-state index is 12.7. The van der Waals surface area contributed by atoms with Crippen LogP contribution in [0.3, 0.4) is 0 Å². The van der Waals surface area contributed by atoms with Crippen LogP contribution in [0.2, 0.25) is 5.02 Å². The smallest absolute Gasteiger partial charge is 0.258 e. The average molecular weight is 303 g/mol. The number of nitrogens with one attached hydrogen (secondary N) is 1. The summed E-state index contributed by atoms with van der Waals surface area (Å²) in [5, 5.41) is 3.74. The van der Waals surface area contributed by atoms with Crippen LogP contribution in [0.4, 0.5) is 5.69 Å². The van der Waals surface area contributed by atoms with Gasteiger partial charge in [0.1, 0.15) is 0 Å². The minimum absolute atomic E-state index is 0.00558. The molecule has 2 rings (SSSR count). The van der Waals surface area contributed by atoms with E-state index in [2.05, 4.69) is 5.32 Å². The first-order valence-electron chi connectivity index (χ1n) is 6.99. The molecular weight excluding hydrogens is 284 g/mol. The molecule has 3 nitrogen and oxygen atoms in total. The fourth-order valence-corrected chi connectivity index (χ4v) is 2.24. The second-order valence-corrected chi connectivity index (χ2v) is 5.19. The van der Waals surface area contributed by atoms with Gasteiger partial charge in [0.05, 0.1) is 0 Å². The third kappa shape index (κ3) is 4.31. The third-order valence-corrected chi connectivity index (χ3v) is 3.46. The Labute approximate surface area is 130 Å². The molecule has 1 amide bonds. The summed E-state index contributed by atoms with van der Waals surface area (Å²) in [6, 6.07) is 16.7. The Hall–Kier alpha value is -1.84. The lowest BCUT2D eigenvalue weighted by molar-refractivity contribution is 0.0986. The van der Waals surface area contributed by atoms with E-state index in [-0.39, 0.29) is 5.91 Å². The van der Waals surface area contributed by atoms with Gasteiger partial charge in [0.15, 0.2) is 0 Å². The van der Waals surface area contributed by atoms with Crippen LogP contribution < -0.4 is 10.2 Å². The molecule has 4 heteroatoms. The number of hydrogen-bond donors (Lipinski definition) is 1. The molecule has 0 atom stereocenters. The van der Waals surface area contributed by atoms with Gasteiger partial charge in [0.2, 0.25) is 0 Å². The first kappa shape index (κ1) is 15.5. The maximum absolute atomic E-state index is 12.7. The fourth-order valence-electron chi connectivity index (χ4n) is 2.12. The molecule has 0 aliphatic rings. The normalized spacial score (nSPS) is 10.4. The molecule has 0 heterocycles. The van der Waals surface area contributed by atoms with Crippen molar-refractivity contribution in [3.8, 4) is 0 Å². The number of amides is 1. The predicted octanol–water partition coefficient (Wildman–Crippen LogP) is 3.60. The summed E-state index contributed by atoms with van der Waals surface area (Å²) in [7, 11) is 1.91. The number of rotatable bonds is 6. The number of para-hydroxylation sites is 1. The fraction of sp³-hybridized carbons (Fsp3) is 0.235. The first-order valence-corrected chi connectivity index (χ1v) is 7.37. The van der Waals surface area contributed by atoms with E-state index >= 15 is 0 Å². The van der Waals surface area contributed by atoms with Crippen molar-refractivity contribution in [3.05, 3.63) is 65.2 Å². The number of anilines is 1. The Morgan fingerprint density at radius 2 is 1.76 bits per heavy atom. The van der Waals surface area contributed by atoms with Crippen molar-refractivity contribution >= 4 is 23.2 Å². The highest BCUT2D eigenvalue weighted by atomic mass is 35.5. The predicted molar refractivity (Wildman–Crippen MR) is 88.1 cm³/mol. The number of carbonyl (C=O) groups excluding carboxylic acids is 1. The van der Waals surface area contributed by atoms with Crippen LogP contribution in [-0.2, 0) is 0 Å². The van der Waals surface area contributed by atoms with Gasteiger partial charge in [0, 0.05) is 22.8 Å². The van der Waals surface area contributed by atoms with E-state index < -0.39 is 0 Å². The van der Waals surface area contributed by atoms with Gasteiger partial charge >= 0.3 is 0 Å². The molecule has 0 aromatic heterocycles. The Morgan fingerprint density at radius 1 is 1.10 bits per heavy atom. The van der Waals surface area contributed by atoms with E-state index in [0.717, 1.165) is 18.7 Å². The lowest BCUT2D eigenvalue weighted by atomic mass is 10.1. The summed E-state index contributed by atoms with van der Waals surface area (Å²) in [4.78, 5) is 14.5. The summed E-state index contributed by atoms with van der Waals surface area (Å²) in [6.07, 6.45) is 0.894. The zero-order chi connectivity index (χ0) is 15.1. The van der Waals surface area contributed by atoms with E-state index in [4.69, 9.17) is 11.6 Å². The van der Waals surface area contributed by atoms with Gasteiger partial charge in [-0.25, -0.2) is 0 Å². The highest BCUT2D eigenvalue weighted by Crippen LogP contribution is 2.18. The van der Waals surface area contributed by atoms with Gasteiger partial charge in [-0.3, -0.25) is 4.79 Å². The van der Waals surface area contributed by atoms with Crippen molar-refractivity contribution in [2.75, 3.05) is 25.0 Å². The number of halogens is 1. The van der Waals surface area contributed by atoms with Crippen LogP contribution in [0.25, 0.3) is 0 Å². The number of nitrogens with zero attached hydrogens (tertiary/aromatic N) is 1. The Bertz CT molecular complexity index is 569. The second-order valence-electron chi connectivity index (χ2n) is 4.76. The van der Waals surface area contributed by atoms with Crippen LogP contribution in [0.15, 0.2) is 54.6 Å². The number of carbonyl (C=O) groups is 1. The average Bonchev–Trinajstić information content (AvgIpc) is 2.53. The molecule has 0 saturated heterocycles. The van der Waals surface area contributed by atoms with Crippen molar-refractivity contribution < 1.29 is 4.79 Å². The van der Waals surface area contributed by atoms with Crippen LogP contribution in [-0.4, -0.2) is 26.0 Å². The van der Waals surface area contributed by atoms with Crippen LogP contribution >= 0.6 is 11.6 Å². The molecule has 0 radical (unpaired) electrons. The lowest BCUT2D eigenvalue weighted by Gasteiger charge is -2.23. The third-order valence-electron chi connectivity index (χ3n) is 3.21. The van der Waals surface area contributed by atoms with Crippen molar-refractivity contribution in [2.45, 2.75) is 6.42 Å². The van der Waals surface area contributed by atoms with Gasteiger partial charge in [-0.05, 0) is 56.4 Å². The minimum Gasteiger partial charge on any atom is -0.320 e. The van der Waals surface area contributed by atoms with Gasteiger partial charge in [-0.1, -0.05) is 29.8 Å². The second kappa shape index (κ2) is 7.81. The first-order chi connectivity index (χ1) is 10.2. The Morgan fingerprint density at radius 3 is 2.38 bits per heavy atom. The number of hydrogen-bond acceptors (Lipinski definition) is 2. The highest BCUT2D eigenvalue weighted by Gasteiger charge is 2.16. The molecular formula is C17H19ClN2O. The van der Waals surface area contributed by atoms with Gasteiger partial charge in [-0.2, -0.15) is 0 Å². The van der Waals surface area contributed by atoms with Gasteiger partial charge in [0.25, 0.3) is 5.91 Å². The quantitative estimate of drug-likeness (QED) is 0.827. The van der Waals surface area contributed by atoms with Crippen molar-refractivity contribution in [3.63, 3.8) is 0 Å². The van der Waals surface area contributed by atoms with Crippen LogP contribution in [0.1, 0.15) is 16.8 Å². The van der Waals surface area contributed by atoms with Crippen LogP contribution in [0, 0.1) is 0 Å². The van der Waals surface area contributed by atoms with Crippen molar-refractivity contribution in [1.29, 1.82) is 0 Å². The summed E-state index contributed by atoms with van der Waals surface area (Å²) in [6.45, 7) is 1.55. The summed E-state index contributed by atoms with van der Waals surface area (Å²) < 4.78 is 0. The van der Waals surface area contributed by atoms with Crippen molar-refractivity contribution in [2.24, 2.45) is 0 Å². The maximum Gasteiger partial charge on any atom is 0.258 e. The van der Waals surface area contributed by atoms with E-state index in [1.165, 1.54) is 0 Å². The Balaban J connectivity index is 2.21. The van der Waals surface area contributed by atoms with Gasteiger partial charge < -0.3 is 10.2 Å². The zero-order valence-electron chi connectivity index (χ0n) is 12.1. The molecule has 0 spiro atoms. The Kier molecular flexibility index (Phi) is 5.78. The monoisotopic (exact) mass is 302 g/mol. The summed E-state index contributed by atoms with van der Waals surface area (Å²) >= 11 is 5.88. The van der Waals surface area contributed by atoms with E-state index in [1.807, 2.05) is 37.4 Å².